The lowest BCUT2D eigenvalue weighted by Crippen LogP contribution is -2.04. The molecule has 1 heterocycles. The predicted molar refractivity (Wildman–Crippen MR) is 69.6 cm³/mol. The van der Waals surface area contributed by atoms with Crippen LogP contribution < -0.4 is 10.5 Å². The Kier molecular flexibility index (Phi) is 3.00. The van der Waals surface area contributed by atoms with E-state index in [9.17, 15) is 8.78 Å². The largest absolute Gasteiger partial charge is 0.435 e. The minimum absolute atomic E-state index is 0.0886. The average molecular weight is 277 g/mol. The van der Waals surface area contributed by atoms with Crippen molar-refractivity contribution >= 4 is 5.82 Å². The molecule has 104 valence electrons. The average Bonchev–Trinajstić information content (AvgIpc) is 3.22. The maximum Gasteiger partial charge on any atom is 0.227 e. The zero-order valence-corrected chi connectivity index (χ0v) is 10.9. The zero-order chi connectivity index (χ0) is 14.3. The SMILES string of the molecule is Cc1c(N)nc(C2CC2)nc1Oc1ccc(F)cc1F. The molecular weight excluding hydrogens is 264 g/mol. The molecule has 1 aromatic carbocycles. The van der Waals surface area contributed by atoms with Crippen molar-refractivity contribution in [2.75, 3.05) is 5.73 Å². The van der Waals surface area contributed by atoms with Crippen molar-refractivity contribution in [3.8, 4) is 11.6 Å². The maximum absolute atomic E-state index is 13.6. The summed E-state index contributed by atoms with van der Waals surface area (Å²) in [7, 11) is 0. The Morgan fingerprint density at radius 2 is 2.00 bits per heavy atom. The van der Waals surface area contributed by atoms with Gasteiger partial charge in [-0.15, -0.1) is 0 Å². The van der Waals surface area contributed by atoms with Gasteiger partial charge >= 0.3 is 0 Å². The molecule has 0 saturated heterocycles. The van der Waals surface area contributed by atoms with Crippen molar-refractivity contribution in [2.24, 2.45) is 0 Å². The van der Waals surface area contributed by atoms with E-state index in [4.69, 9.17) is 10.5 Å². The van der Waals surface area contributed by atoms with Gasteiger partial charge in [0.25, 0.3) is 0 Å². The summed E-state index contributed by atoms with van der Waals surface area (Å²) >= 11 is 0. The lowest BCUT2D eigenvalue weighted by Gasteiger charge is -2.11. The van der Waals surface area contributed by atoms with Gasteiger partial charge in [-0.3, -0.25) is 0 Å². The predicted octanol–water partition coefficient (Wildman–Crippen LogP) is 3.32. The molecule has 0 bridgehead atoms. The molecule has 20 heavy (non-hydrogen) atoms. The third-order valence-corrected chi connectivity index (χ3v) is 3.20. The Balaban J connectivity index is 1.97. The highest BCUT2D eigenvalue weighted by atomic mass is 19.1. The maximum atomic E-state index is 13.6. The van der Waals surface area contributed by atoms with Crippen molar-refractivity contribution in [1.29, 1.82) is 0 Å². The number of nitrogen functional groups attached to an aromatic ring is 1. The van der Waals surface area contributed by atoms with E-state index in [1.54, 1.807) is 6.92 Å². The van der Waals surface area contributed by atoms with E-state index >= 15 is 0 Å². The standard InChI is InChI=1S/C14H13F2N3O/c1-7-12(17)18-13(8-2-3-8)19-14(7)20-11-5-4-9(15)6-10(11)16/h4-6,8H,2-3H2,1H3,(H2,17,18,19). The van der Waals surface area contributed by atoms with Crippen molar-refractivity contribution < 1.29 is 13.5 Å². The molecule has 1 aromatic heterocycles. The van der Waals surface area contributed by atoms with Gasteiger partial charge in [-0.2, -0.15) is 4.98 Å². The fourth-order valence-electron chi connectivity index (χ4n) is 1.82. The number of hydrogen-bond donors (Lipinski definition) is 1. The number of aromatic nitrogens is 2. The van der Waals surface area contributed by atoms with Gasteiger partial charge in [0.05, 0.1) is 5.56 Å². The molecule has 1 aliphatic carbocycles. The van der Waals surface area contributed by atoms with Crippen LogP contribution in [0.5, 0.6) is 11.6 Å². The fourth-order valence-corrected chi connectivity index (χ4v) is 1.82. The minimum atomic E-state index is -0.783. The normalized spacial score (nSPS) is 14.3. The molecule has 1 aliphatic rings. The number of nitrogens with two attached hydrogens (primary N) is 1. The molecule has 6 heteroatoms. The third-order valence-electron chi connectivity index (χ3n) is 3.20. The van der Waals surface area contributed by atoms with Crippen LogP contribution in [0.4, 0.5) is 14.6 Å². The Morgan fingerprint density at radius 1 is 1.25 bits per heavy atom. The highest BCUT2D eigenvalue weighted by Gasteiger charge is 2.28. The second kappa shape index (κ2) is 4.70. The van der Waals surface area contributed by atoms with E-state index in [1.165, 1.54) is 6.07 Å². The number of benzene rings is 1. The number of rotatable bonds is 3. The van der Waals surface area contributed by atoms with Crippen LogP contribution in [0.15, 0.2) is 18.2 Å². The first-order chi connectivity index (χ1) is 9.54. The molecule has 0 unspecified atom stereocenters. The number of ether oxygens (including phenoxy) is 1. The van der Waals surface area contributed by atoms with Gasteiger partial charge in [-0.1, -0.05) is 0 Å². The topological polar surface area (TPSA) is 61.0 Å². The van der Waals surface area contributed by atoms with Gasteiger partial charge in [0.2, 0.25) is 5.88 Å². The first-order valence-corrected chi connectivity index (χ1v) is 6.31. The van der Waals surface area contributed by atoms with Crippen molar-refractivity contribution in [2.45, 2.75) is 25.7 Å². The van der Waals surface area contributed by atoms with Crippen molar-refractivity contribution in [3.05, 3.63) is 41.2 Å². The Morgan fingerprint density at radius 3 is 2.65 bits per heavy atom. The van der Waals surface area contributed by atoms with Gasteiger partial charge < -0.3 is 10.5 Å². The molecule has 1 saturated carbocycles. The van der Waals surface area contributed by atoms with E-state index in [2.05, 4.69) is 9.97 Å². The smallest absolute Gasteiger partial charge is 0.227 e. The number of halogens is 2. The van der Waals surface area contributed by atoms with Crippen LogP contribution in [0, 0.1) is 18.6 Å². The molecular formula is C14H13F2N3O. The molecule has 0 aliphatic heterocycles. The van der Waals surface area contributed by atoms with E-state index in [0.29, 0.717) is 23.1 Å². The number of nitrogens with zero attached hydrogens (tertiary/aromatic N) is 2. The first-order valence-electron chi connectivity index (χ1n) is 6.31. The summed E-state index contributed by atoms with van der Waals surface area (Å²) in [6.45, 7) is 1.70. The number of hydrogen-bond acceptors (Lipinski definition) is 4. The van der Waals surface area contributed by atoms with Crippen LogP contribution in [0.1, 0.15) is 30.1 Å². The van der Waals surface area contributed by atoms with Gasteiger partial charge in [-0.25, -0.2) is 13.8 Å². The van der Waals surface area contributed by atoms with Crippen LogP contribution >= 0.6 is 0 Å². The Bertz CT molecular complexity index is 672. The highest BCUT2D eigenvalue weighted by Crippen LogP contribution is 2.40. The van der Waals surface area contributed by atoms with Gasteiger partial charge in [0, 0.05) is 12.0 Å². The van der Waals surface area contributed by atoms with E-state index < -0.39 is 11.6 Å². The first kappa shape index (κ1) is 12.8. The summed E-state index contributed by atoms with van der Waals surface area (Å²) in [5.74, 6) is -0.0791. The van der Waals surface area contributed by atoms with Gasteiger partial charge in [-0.05, 0) is 31.9 Å². The van der Waals surface area contributed by atoms with E-state index in [-0.39, 0.29) is 11.6 Å². The van der Waals surface area contributed by atoms with E-state index in [1.807, 2.05) is 0 Å². The summed E-state index contributed by atoms with van der Waals surface area (Å²) < 4.78 is 31.9. The molecule has 4 nitrogen and oxygen atoms in total. The van der Waals surface area contributed by atoms with Crippen LogP contribution in [0.3, 0.4) is 0 Å². The molecule has 2 N–H and O–H groups in total. The zero-order valence-electron chi connectivity index (χ0n) is 10.9. The van der Waals surface area contributed by atoms with Crippen molar-refractivity contribution in [3.63, 3.8) is 0 Å². The number of anilines is 1. The second-order valence-electron chi connectivity index (χ2n) is 4.85. The quantitative estimate of drug-likeness (QED) is 0.935. The summed E-state index contributed by atoms with van der Waals surface area (Å²) in [5.41, 5.74) is 6.36. The molecule has 1 fully saturated rings. The fraction of sp³-hybridized carbons (Fsp3) is 0.286. The summed E-state index contributed by atoms with van der Waals surface area (Å²) in [6.07, 6.45) is 2.04. The molecule has 0 atom stereocenters. The third kappa shape index (κ3) is 2.41. The summed E-state index contributed by atoms with van der Waals surface area (Å²) in [4.78, 5) is 8.49. The van der Waals surface area contributed by atoms with Crippen molar-refractivity contribution in [1.82, 2.24) is 9.97 Å². The van der Waals surface area contributed by atoms with Gasteiger partial charge in [0.1, 0.15) is 17.5 Å². The summed E-state index contributed by atoms with van der Waals surface area (Å²) in [6, 6.07) is 3.11. The molecule has 0 spiro atoms. The highest BCUT2D eigenvalue weighted by molar-refractivity contribution is 5.46. The lowest BCUT2D eigenvalue weighted by molar-refractivity contribution is 0.418. The van der Waals surface area contributed by atoms with Crippen LogP contribution in [0.2, 0.25) is 0 Å². The monoisotopic (exact) mass is 277 g/mol. The Hall–Kier alpha value is -2.24. The van der Waals surface area contributed by atoms with Crippen LogP contribution in [-0.2, 0) is 0 Å². The molecule has 3 rings (SSSR count). The van der Waals surface area contributed by atoms with Crippen LogP contribution in [-0.4, -0.2) is 9.97 Å². The molecule has 2 aromatic rings. The minimum Gasteiger partial charge on any atom is -0.435 e. The van der Waals surface area contributed by atoms with Crippen LogP contribution in [0.25, 0.3) is 0 Å². The van der Waals surface area contributed by atoms with Gasteiger partial charge in [0.15, 0.2) is 11.6 Å². The van der Waals surface area contributed by atoms with E-state index in [0.717, 1.165) is 25.0 Å². The lowest BCUT2D eigenvalue weighted by atomic mass is 10.3. The Labute approximate surface area is 114 Å². The molecule has 0 radical (unpaired) electrons. The molecule has 0 amide bonds. The second-order valence-corrected chi connectivity index (χ2v) is 4.85. The summed E-state index contributed by atoms with van der Waals surface area (Å²) in [5, 5.41) is 0.